The van der Waals surface area contributed by atoms with E-state index in [0.29, 0.717) is 79.1 Å². The van der Waals surface area contributed by atoms with Crippen LogP contribution in [0.15, 0.2) is 126 Å². The van der Waals surface area contributed by atoms with Gasteiger partial charge in [-0.2, -0.15) is 0 Å². The molecule has 3 aliphatic rings. The standard InChI is InChI=1S/C18H19NO4.C17H17NO3.C15H15NO3S/c1-21-14-4-6-15(7-5-14)23-17-9-12(3-8-16(17)22-2)13-10-18(20)19-11-13;1-20-15-8-7-12(13-10-17(19)18-11-13)9-16(15)21-14-5-3-2-4-6-14;1-18-13-3-2-10(11-7-15(17)16-8-11)6-14(13)19-12-4-5-20-9-12/h3-9,13H,10-11H2,1-2H3,(H,19,20);2-9,13H,10-11H2,1H3,(H,18,19);2-6,9,11H,7-8H2,1H3,(H,16,17). The second-order valence-electron chi connectivity index (χ2n) is 15.1. The highest BCUT2D eigenvalue weighted by molar-refractivity contribution is 7.08. The summed E-state index contributed by atoms with van der Waals surface area (Å²) in [4.78, 5) is 34.1. The first-order valence-electron chi connectivity index (χ1n) is 20.8. The quantitative estimate of drug-likeness (QED) is 0.102. The number of nitrogens with one attached hydrogen (secondary N) is 3. The smallest absolute Gasteiger partial charge is 0.220 e. The summed E-state index contributed by atoms with van der Waals surface area (Å²) < 4.78 is 38.9. The number of para-hydroxylation sites is 1. The van der Waals surface area contributed by atoms with Crippen LogP contribution in [0.25, 0.3) is 0 Å². The normalized spacial score (nSPS) is 17.3. The first-order valence-corrected chi connectivity index (χ1v) is 21.7. The number of carbonyl (C=O) groups is 3. The van der Waals surface area contributed by atoms with E-state index in [9.17, 15) is 14.4 Å². The molecule has 4 heterocycles. The summed E-state index contributed by atoms with van der Waals surface area (Å²) in [5.74, 6) is 7.90. The molecule has 3 aliphatic heterocycles. The number of benzene rings is 5. The van der Waals surface area contributed by atoms with Crippen molar-refractivity contribution in [3.8, 4) is 57.5 Å². The maximum Gasteiger partial charge on any atom is 0.220 e. The number of carbonyl (C=O) groups excluding carboxylic acids is 3. The van der Waals surface area contributed by atoms with Crippen LogP contribution in [-0.2, 0) is 14.4 Å². The molecule has 3 fully saturated rings. The number of amides is 3. The third kappa shape index (κ3) is 11.8. The van der Waals surface area contributed by atoms with Crippen molar-refractivity contribution in [1.82, 2.24) is 16.0 Å². The molecule has 1 aromatic heterocycles. The van der Waals surface area contributed by atoms with Gasteiger partial charge in [0.1, 0.15) is 23.0 Å². The van der Waals surface area contributed by atoms with Gasteiger partial charge in [0, 0.05) is 62.0 Å². The van der Waals surface area contributed by atoms with Crippen LogP contribution in [0.5, 0.6) is 57.5 Å². The van der Waals surface area contributed by atoms with E-state index >= 15 is 0 Å². The lowest BCUT2D eigenvalue weighted by atomic mass is 9.98. The molecule has 0 aliphatic carbocycles. The summed E-state index contributed by atoms with van der Waals surface area (Å²) >= 11 is 1.58. The highest BCUT2D eigenvalue weighted by atomic mass is 32.1. The van der Waals surface area contributed by atoms with Crippen molar-refractivity contribution in [1.29, 1.82) is 0 Å². The molecule has 0 spiro atoms. The molecule has 0 bridgehead atoms. The van der Waals surface area contributed by atoms with Crippen LogP contribution >= 0.6 is 11.3 Å². The number of rotatable bonds is 13. The monoisotopic (exact) mass is 885 g/mol. The van der Waals surface area contributed by atoms with Gasteiger partial charge in [0.2, 0.25) is 17.7 Å². The second-order valence-corrected chi connectivity index (χ2v) is 15.9. The van der Waals surface area contributed by atoms with E-state index < -0.39 is 0 Å². The Morgan fingerprint density at radius 1 is 0.422 bits per heavy atom. The fraction of sp³-hybridized carbons (Fsp3) is 0.260. The lowest BCUT2D eigenvalue weighted by Crippen LogP contribution is -2.13. The van der Waals surface area contributed by atoms with E-state index in [2.05, 4.69) is 16.0 Å². The predicted octanol–water partition coefficient (Wildman–Crippen LogP) is 9.34. The molecule has 0 radical (unpaired) electrons. The van der Waals surface area contributed by atoms with Gasteiger partial charge in [-0.25, -0.2) is 0 Å². The Kier molecular flexibility index (Phi) is 15.2. The van der Waals surface area contributed by atoms with Gasteiger partial charge in [0.25, 0.3) is 0 Å². The van der Waals surface area contributed by atoms with Crippen molar-refractivity contribution in [2.75, 3.05) is 48.1 Å². The predicted molar refractivity (Wildman–Crippen MR) is 244 cm³/mol. The van der Waals surface area contributed by atoms with Crippen molar-refractivity contribution >= 4 is 29.1 Å². The van der Waals surface area contributed by atoms with Crippen LogP contribution in [0, 0.1) is 0 Å². The first-order chi connectivity index (χ1) is 31.2. The maximum atomic E-state index is 11.4. The van der Waals surface area contributed by atoms with Gasteiger partial charge in [-0.3, -0.25) is 14.4 Å². The lowest BCUT2D eigenvalue weighted by Gasteiger charge is -2.14. The van der Waals surface area contributed by atoms with Crippen LogP contribution in [0.3, 0.4) is 0 Å². The number of thiophene rings is 1. The molecule has 9 rings (SSSR count). The van der Waals surface area contributed by atoms with Crippen LogP contribution in [0.2, 0.25) is 0 Å². The highest BCUT2D eigenvalue weighted by Gasteiger charge is 2.26. The van der Waals surface area contributed by atoms with Crippen LogP contribution in [0.1, 0.15) is 53.7 Å². The Labute approximate surface area is 376 Å². The summed E-state index contributed by atoms with van der Waals surface area (Å²) in [6.07, 6.45) is 1.57. The number of ether oxygens (including phenoxy) is 7. The number of methoxy groups -OCH3 is 4. The van der Waals surface area contributed by atoms with E-state index in [0.717, 1.165) is 33.9 Å². The topological polar surface area (TPSA) is 152 Å². The van der Waals surface area contributed by atoms with Crippen molar-refractivity contribution in [2.45, 2.75) is 37.0 Å². The minimum atomic E-state index is 0.0865. The molecule has 3 atom stereocenters. The van der Waals surface area contributed by atoms with Gasteiger partial charge in [0.15, 0.2) is 34.5 Å². The fourth-order valence-corrected chi connectivity index (χ4v) is 7.98. The summed E-state index contributed by atoms with van der Waals surface area (Å²) in [5, 5.41) is 12.5. The van der Waals surface area contributed by atoms with Crippen molar-refractivity contribution in [3.63, 3.8) is 0 Å². The average Bonchev–Trinajstić information content (AvgIpc) is 4.18. The molecule has 3 unspecified atom stereocenters. The third-order valence-corrected chi connectivity index (χ3v) is 11.6. The SMILES string of the molecule is COc1ccc(C2CNC(=O)C2)cc1Oc1ccccc1.COc1ccc(C2CNC(=O)C2)cc1Oc1ccsc1.COc1ccc(Oc2cc(C3CNC(=O)C3)ccc2OC)cc1. The molecule has 3 saturated heterocycles. The van der Waals surface area contributed by atoms with Crippen LogP contribution in [0.4, 0.5) is 0 Å². The van der Waals surface area contributed by atoms with Crippen LogP contribution in [-0.4, -0.2) is 65.8 Å². The zero-order valence-electron chi connectivity index (χ0n) is 36.1. The first kappa shape index (κ1) is 44.9. The Balaban J connectivity index is 0.000000144. The van der Waals surface area contributed by atoms with Gasteiger partial charge in [0.05, 0.1) is 28.4 Å². The Hall–Kier alpha value is -7.19. The number of hydrogen-bond donors (Lipinski definition) is 3. The Morgan fingerprint density at radius 2 is 0.812 bits per heavy atom. The molecule has 5 aromatic carbocycles. The average molecular weight is 886 g/mol. The Bertz CT molecular complexity index is 2500. The van der Waals surface area contributed by atoms with E-state index in [1.807, 2.05) is 126 Å². The molecule has 3 N–H and O–H groups in total. The van der Waals surface area contributed by atoms with Crippen molar-refractivity contribution in [3.05, 3.63) is 143 Å². The molecule has 14 heteroatoms. The van der Waals surface area contributed by atoms with E-state index in [1.165, 1.54) is 0 Å². The summed E-state index contributed by atoms with van der Waals surface area (Å²) in [6, 6.07) is 36.3. The third-order valence-electron chi connectivity index (χ3n) is 10.9. The van der Waals surface area contributed by atoms with E-state index in [1.54, 1.807) is 39.8 Å². The highest BCUT2D eigenvalue weighted by Crippen LogP contribution is 2.39. The van der Waals surface area contributed by atoms with E-state index in [4.69, 9.17) is 33.2 Å². The van der Waals surface area contributed by atoms with Crippen molar-refractivity contribution in [2.24, 2.45) is 0 Å². The second kappa shape index (κ2) is 21.7. The van der Waals surface area contributed by atoms with Gasteiger partial charge in [-0.1, -0.05) is 36.4 Å². The maximum absolute atomic E-state index is 11.4. The molecule has 332 valence electrons. The largest absolute Gasteiger partial charge is 0.497 e. The molecule has 3 amide bonds. The van der Waals surface area contributed by atoms with Gasteiger partial charge in [-0.05, 0) is 101 Å². The molecular weight excluding hydrogens is 835 g/mol. The molecule has 6 aromatic rings. The fourth-order valence-electron chi connectivity index (χ4n) is 7.43. The zero-order valence-corrected chi connectivity index (χ0v) is 36.9. The zero-order chi connectivity index (χ0) is 44.8. The summed E-state index contributed by atoms with van der Waals surface area (Å²) in [5.41, 5.74) is 3.24. The molecule has 13 nitrogen and oxygen atoms in total. The molecular formula is C50H51N3O10S. The van der Waals surface area contributed by atoms with Crippen molar-refractivity contribution < 1.29 is 47.5 Å². The van der Waals surface area contributed by atoms with Crippen LogP contribution < -0.4 is 49.1 Å². The molecule has 0 saturated carbocycles. The van der Waals surface area contributed by atoms with E-state index in [-0.39, 0.29) is 35.5 Å². The lowest BCUT2D eigenvalue weighted by molar-refractivity contribution is -0.120. The Morgan fingerprint density at radius 3 is 1.16 bits per heavy atom. The minimum Gasteiger partial charge on any atom is -0.497 e. The van der Waals surface area contributed by atoms with Gasteiger partial charge < -0.3 is 49.1 Å². The van der Waals surface area contributed by atoms with Gasteiger partial charge in [-0.15, -0.1) is 11.3 Å². The van der Waals surface area contributed by atoms with Gasteiger partial charge >= 0.3 is 0 Å². The summed E-state index contributed by atoms with van der Waals surface area (Å²) in [7, 11) is 6.47. The number of hydrogen-bond acceptors (Lipinski definition) is 11. The molecule has 64 heavy (non-hydrogen) atoms. The summed E-state index contributed by atoms with van der Waals surface area (Å²) in [6.45, 7) is 2.02. The minimum absolute atomic E-state index is 0.0865.